The lowest BCUT2D eigenvalue weighted by Crippen LogP contribution is -2.51. The normalized spacial score (nSPS) is 15.9. The highest BCUT2D eigenvalue weighted by molar-refractivity contribution is 5.95. The Hall–Kier alpha value is -4.14. The van der Waals surface area contributed by atoms with Crippen LogP contribution < -0.4 is 14.8 Å². The summed E-state index contributed by atoms with van der Waals surface area (Å²) >= 11 is 0. The largest absolute Gasteiger partial charge is 0.494 e. The number of nitrogens with one attached hydrogen (secondary N) is 1. The maximum atomic E-state index is 13.1. The summed E-state index contributed by atoms with van der Waals surface area (Å²) in [5, 5.41) is 10.9. The molecule has 0 radical (unpaired) electrons. The third kappa shape index (κ3) is 7.71. The van der Waals surface area contributed by atoms with E-state index in [2.05, 4.69) is 15.5 Å². The first-order valence-corrected chi connectivity index (χ1v) is 14.2. The number of urea groups is 1. The van der Waals surface area contributed by atoms with Crippen LogP contribution in [-0.4, -0.2) is 64.7 Å². The minimum atomic E-state index is -0.271. The van der Waals surface area contributed by atoms with Gasteiger partial charge in [0.1, 0.15) is 12.4 Å². The molecule has 3 aromatic rings. The van der Waals surface area contributed by atoms with Gasteiger partial charge >= 0.3 is 6.03 Å². The minimum absolute atomic E-state index is 0.0465. The highest BCUT2D eigenvalue weighted by Crippen LogP contribution is 2.26. The van der Waals surface area contributed by atoms with E-state index >= 15 is 0 Å². The molecule has 2 aliphatic rings. The summed E-state index contributed by atoms with van der Waals surface area (Å²) in [6.07, 6.45) is 7.69. The highest BCUT2D eigenvalue weighted by atomic mass is 16.5. The number of carbonyl (C=O) groups excluding carboxylic acids is 2. The number of hydrogen-bond acceptors (Lipinski definition) is 6. The van der Waals surface area contributed by atoms with Crippen LogP contribution in [0.25, 0.3) is 0 Å². The van der Waals surface area contributed by atoms with Crippen molar-refractivity contribution in [2.45, 2.75) is 45.1 Å². The van der Waals surface area contributed by atoms with Gasteiger partial charge in [0.25, 0.3) is 5.91 Å². The van der Waals surface area contributed by atoms with Crippen LogP contribution in [0.2, 0.25) is 0 Å². The molecule has 1 aromatic heterocycles. The molecule has 0 bridgehead atoms. The highest BCUT2D eigenvalue weighted by Gasteiger charge is 2.25. The van der Waals surface area contributed by atoms with Crippen molar-refractivity contribution in [2.75, 3.05) is 38.1 Å². The first-order chi connectivity index (χ1) is 19.6. The minimum Gasteiger partial charge on any atom is -0.494 e. The van der Waals surface area contributed by atoms with Gasteiger partial charge in [-0.05, 0) is 42.2 Å². The first kappa shape index (κ1) is 27.4. The molecule has 3 amide bonds. The van der Waals surface area contributed by atoms with Crippen molar-refractivity contribution in [1.29, 1.82) is 0 Å². The van der Waals surface area contributed by atoms with E-state index in [0.717, 1.165) is 23.7 Å². The van der Waals surface area contributed by atoms with Gasteiger partial charge in [-0.25, -0.2) is 4.79 Å². The lowest BCUT2D eigenvalue weighted by atomic mass is 9.87. The molecule has 1 aliphatic carbocycles. The summed E-state index contributed by atoms with van der Waals surface area (Å²) in [5.74, 6) is 2.17. The standard InChI is InChI=1S/C31H37N5O4/c37-30(26-12-7-13-27(22-26)39-21-16-24-8-3-1-4-9-24)35-17-19-36(20-18-35)31(38)32-28-14-15-29(34-33-28)40-23-25-10-5-2-6-11-25/h2,5-7,10-15,22,24H,1,3-4,8-9,16-21,23H2,(H,32,33,38). The molecular weight excluding hydrogens is 506 g/mol. The van der Waals surface area contributed by atoms with Crippen LogP contribution in [0.5, 0.6) is 11.6 Å². The molecule has 2 aromatic carbocycles. The molecule has 5 rings (SSSR count). The fourth-order valence-electron chi connectivity index (χ4n) is 5.22. The number of carbonyl (C=O) groups is 2. The first-order valence-electron chi connectivity index (χ1n) is 14.2. The second-order valence-corrected chi connectivity index (χ2v) is 10.4. The fourth-order valence-corrected chi connectivity index (χ4v) is 5.22. The van der Waals surface area contributed by atoms with E-state index in [0.29, 0.717) is 56.7 Å². The fraction of sp³-hybridized carbons (Fsp3) is 0.419. The Morgan fingerprint density at radius 3 is 2.35 bits per heavy atom. The second-order valence-electron chi connectivity index (χ2n) is 10.4. The smallest absolute Gasteiger partial charge is 0.323 e. The third-order valence-corrected chi connectivity index (χ3v) is 7.56. The Bertz CT molecular complexity index is 1240. The van der Waals surface area contributed by atoms with Crippen LogP contribution in [0.1, 0.15) is 54.4 Å². The van der Waals surface area contributed by atoms with Crippen molar-refractivity contribution in [1.82, 2.24) is 20.0 Å². The molecule has 2 fully saturated rings. The van der Waals surface area contributed by atoms with Gasteiger partial charge in [-0.15, -0.1) is 10.2 Å². The van der Waals surface area contributed by atoms with Crippen LogP contribution >= 0.6 is 0 Å². The molecule has 40 heavy (non-hydrogen) atoms. The summed E-state index contributed by atoms with van der Waals surface area (Å²) in [4.78, 5) is 29.4. The van der Waals surface area contributed by atoms with Crippen molar-refractivity contribution >= 4 is 17.8 Å². The van der Waals surface area contributed by atoms with E-state index in [4.69, 9.17) is 9.47 Å². The molecule has 1 saturated carbocycles. The Balaban J connectivity index is 1.05. The number of ether oxygens (including phenoxy) is 2. The van der Waals surface area contributed by atoms with Gasteiger partial charge in [-0.3, -0.25) is 10.1 Å². The summed E-state index contributed by atoms with van der Waals surface area (Å²) in [5.41, 5.74) is 1.64. The van der Waals surface area contributed by atoms with E-state index in [-0.39, 0.29) is 11.9 Å². The number of rotatable bonds is 9. The average molecular weight is 544 g/mol. The van der Waals surface area contributed by atoms with E-state index in [1.165, 1.54) is 32.1 Å². The van der Waals surface area contributed by atoms with Gasteiger partial charge in [0.2, 0.25) is 5.88 Å². The molecule has 2 heterocycles. The number of hydrogen-bond donors (Lipinski definition) is 1. The van der Waals surface area contributed by atoms with Gasteiger partial charge in [0, 0.05) is 37.8 Å². The summed E-state index contributed by atoms with van der Waals surface area (Å²) in [6.45, 7) is 2.85. The second kappa shape index (κ2) is 13.8. The molecule has 9 heteroatoms. The monoisotopic (exact) mass is 543 g/mol. The van der Waals surface area contributed by atoms with Gasteiger partial charge in [-0.1, -0.05) is 68.5 Å². The van der Waals surface area contributed by atoms with Crippen molar-refractivity contribution in [3.05, 3.63) is 77.9 Å². The predicted molar refractivity (Wildman–Crippen MR) is 152 cm³/mol. The Morgan fingerprint density at radius 2 is 1.60 bits per heavy atom. The lowest BCUT2D eigenvalue weighted by Gasteiger charge is -2.34. The summed E-state index contributed by atoms with van der Waals surface area (Å²) in [6, 6.07) is 20.3. The van der Waals surface area contributed by atoms with Crippen molar-refractivity contribution in [3.8, 4) is 11.6 Å². The molecule has 0 atom stereocenters. The summed E-state index contributed by atoms with van der Waals surface area (Å²) < 4.78 is 11.6. The zero-order chi connectivity index (χ0) is 27.6. The molecule has 1 N–H and O–H groups in total. The van der Waals surface area contributed by atoms with Gasteiger partial charge in [-0.2, -0.15) is 0 Å². The molecule has 9 nitrogen and oxygen atoms in total. The van der Waals surface area contributed by atoms with Crippen molar-refractivity contribution in [3.63, 3.8) is 0 Å². The molecule has 1 aliphatic heterocycles. The number of aromatic nitrogens is 2. The molecule has 210 valence electrons. The molecular formula is C31H37N5O4. The van der Waals surface area contributed by atoms with E-state index < -0.39 is 0 Å². The number of piperazine rings is 1. The number of amides is 3. The Morgan fingerprint density at radius 1 is 0.825 bits per heavy atom. The zero-order valence-corrected chi connectivity index (χ0v) is 22.8. The zero-order valence-electron chi connectivity index (χ0n) is 22.8. The van der Waals surface area contributed by atoms with Gasteiger partial charge < -0.3 is 19.3 Å². The predicted octanol–water partition coefficient (Wildman–Crippen LogP) is 5.39. The Kier molecular flexibility index (Phi) is 9.45. The number of nitrogens with zero attached hydrogens (tertiary/aromatic N) is 4. The quantitative estimate of drug-likeness (QED) is 0.389. The molecule has 0 spiro atoms. The van der Waals surface area contributed by atoms with E-state index in [1.54, 1.807) is 21.9 Å². The van der Waals surface area contributed by atoms with E-state index in [1.807, 2.05) is 54.6 Å². The maximum Gasteiger partial charge on any atom is 0.323 e. The number of benzene rings is 2. The van der Waals surface area contributed by atoms with Gasteiger partial charge in [0.15, 0.2) is 5.82 Å². The summed E-state index contributed by atoms with van der Waals surface area (Å²) in [7, 11) is 0. The SMILES string of the molecule is O=C(Nc1ccc(OCc2ccccc2)nn1)N1CCN(C(=O)c2cccc(OCCC3CCCCC3)c2)CC1. The maximum absolute atomic E-state index is 13.1. The van der Waals surface area contributed by atoms with E-state index in [9.17, 15) is 9.59 Å². The van der Waals surface area contributed by atoms with Crippen LogP contribution in [0.4, 0.5) is 10.6 Å². The molecule has 1 saturated heterocycles. The van der Waals surface area contributed by atoms with Crippen LogP contribution in [-0.2, 0) is 6.61 Å². The van der Waals surface area contributed by atoms with Crippen LogP contribution in [0, 0.1) is 5.92 Å². The van der Waals surface area contributed by atoms with Crippen LogP contribution in [0.3, 0.4) is 0 Å². The Labute approximate surface area is 235 Å². The van der Waals surface area contributed by atoms with Crippen molar-refractivity contribution in [2.24, 2.45) is 5.92 Å². The van der Waals surface area contributed by atoms with Crippen molar-refractivity contribution < 1.29 is 19.1 Å². The van der Waals surface area contributed by atoms with Gasteiger partial charge in [0.05, 0.1) is 6.61 Å². The third-order valence-electron chi connectivity index (χ3n) is 7.56. The van der Waals surface area contributed by atoms with Crippen LogP contribution in [0.15, 0.2) is 66.7 Å². The average Bonchev–Trinajstić information content (AvgIpc) is 3.01. The lowest BCUT2D eigenvalue weighted by molar-refractivity contribution is 0.0671. The molecule has 0 unspecified atom stereocenters. The number of anilines is 1. The topological polar surface area (TPSA) is 96.9 Å².